The zero-order valence-electron chi connectivity index (χ0n) is 11.3. The van der Waals surface area contributed by atoms with Crippen LogP contribution in [0.2, 0.25) is 0 Å². The summed E-state index contributed by atoms with van der Waals surface area (Å²) in [5, 5.41) is 11.9. The van der Waals surface area contributed by atoms with Crippen molar-refractivity contribution in [2.24, 2.45) is 16.6 Å². The lowest BCUT2D eigenvalue weighted by molar-refractivity contribution is -0.148. The molecule has 1 saturated carbocycles. The van der Waals surface area contributed by atoms with Crippen LogP contribution in [0.25, 0.3) is 0 Å². The number of hydrogen-bond acceptors (Lipinski definition) is 3. The quantitative estimate of drug-likeness (QED) is 0.664. The Labute approximate surface area is 108 Å². The Morgan fingerprint density at radius 2 is 1.94 bits per heavy atom. The van der Waals surface area contributed by atoms with Crippen LogP contribution in [-0.2, 0) is 9.59 Å². The van der Waals surface area contributed by atoms with E-state index < -0.39 is 16.8 Å². The fourth-order valence-corrected chi connectivity index (χ4v) is 2.39. The van der Waals surface area contributed by atoms with Crippen molar-refractivity contribution in [1.82, 2.24) is 5.32 Å². The van der Waals surface area contributed by atoms with Crippen LogP contribution in [0.15, 0.2) is 0 Å². The molecule has 0 saturated heterocycles. The van der Waals surface area contributed by atoms with E-state index in [1.165, 1.54) is 0 Å². The lowest BCUT2D eigenvalue weighted by Gasteiger charge is -2.29. The Morgan fingerprint density at radius 1 is 1.39 bits per heavy atom. The molecule has 0 aromatic rings. The number of hydrogen-bond donors (Lipinski definition) is 3. The van der Waals surface area contributed by atoms with E-state index in [0.29, 0.717) is 13.0 Å². The van der Waals surface area contributed by atoms with Gasteiger partial charge in [0.05, 0.1) is 10.8 Å². The first-order valence-corrected chi connectivity index (χ1v) is 6.62. The van der Waals surface area contributed by atoms with Gasteiger partial charge < -0.3 is 16.2 Å². The highest BCUT2D eigenvalue weighted by Crippen LogP contribution is 2.37. The number of carbonyl (C=O) groups is 2. The van der Waals surface area contributed by atoms with Gasteiger partial charge in [0.25, 0.3) is 0 Å². The number of carboxylic acid groups (broad SMARTS) is 1. The Morgan fingerprint density at radius 3 is 2.33 bits per heavy atom. The predicted molar refractivity (Wildman–Crippen MR) is 69.0 cm³/mol. The van der Waals surface area contributed by atoms with E-state index in [0.717, 1.165) is 25.7 Å². The molecule has 1 fully saturated rings. The molecule has 5 nitrogen and oxygen atoms in total. The first-order valence-electron chi connectivity index (χ1n) is 6.62. The van der Waals surface area contributed by atoms with Crippen molar-refractivity contribution < 1.29 is 14.7 Å². The van der Waals surface area contributed by atoms with Gasteiger partial charge in [-0.2, -0.15) is 0 Å². The molecule has 1 amide bonds. The molecule has 1 aliphatic carbocycles. The van der Waals surface area contributed by atoms with Crippen LogP contribution in [-0.4, -0.2) is 30.1 Å². The minimum absolute atomic E-state index is 0.0802. The van der Waals surface area contributed by atoms with Crippen molar-refractivity contribution in [1.29, 1.82) is 0 Å². The maximum atomic E-state index is 12.2. The number of carbonyl (C=O) groups excluding carboxylic acids is 1. The molecular weight excluding hydrogens is 232 g/mol. The summed E-state index contributed by atoms with van der Waals surface area (Å²) < 4.78 is 0. The van der Waals surface area contributed by atoms with E-state index in [9.17, 15) is 9.59 Å². The molecule has 0 heterocycles. The zero-order chi connectivity index (χ0) is 13.8. The van der Waals surface area contributed by atoms with Crippen LogP contribution in [0.4, 0.5) is 0 Å². The molecular formula is C13H24N2O3. The highest BCUT2D eigenvalue weighted by Gasteiger charge is 2.41. The van der Waals surface area contributed by atoms with Crippen molar-refractivity contribution in [2.45, 2.75) is 46.0 Å². The lowest BCUT2D eigenvalue weighted by Crippen LogP contribution is -2.48. The predicted octanol–water partition coefficient (Wildman–Crippen LogP) is 1.12. The Bertz CT molecular complexity index is 324. The molecule has 0 radical (unpaired) electrons. The van der Waals surface area contributed by atoms with Crippen LogP contribution in [0.5, 0.6) is 0 Å². The Balaban J connectivity index is 2.62. The van der Waals surface area contributed by atoms with Gasteiger partial charge in [-0.1, -0.05) is 19.8 Å². The standard InChI is InChI=1S/C13H24N2O3/c1-3-12(2,11(17)18)9-15-10(16)13(8-14)6-4-5-7-13/h3-9,14H2,1-2H3,(H,15,16)(H,17,18). The summed E-state index contributed by atoms with van der Waals surface area (Å²) in [7, 11) is 0. The van der Waals surface area contributed by atoms with Gasteiger partial charge in [0.15, 0.2) is 0 Å². The monoisotopic (exact) mass is 256 g/mol. The second kappa shape index (κ2) is 5.69. The molecule has 5 heteroatoms. The number of nitrogens with one attached hydrogen (secondary N) is 1. The molecule has 0 aliphatic heterocycles. The van der Waals surface area contributed by atoms with Crippen molar-refractivity contribution in [3.05, 3.63) is 0 Å². The molecule has 0 spiro atoms. The molecule has 0 aromatic heterocycles. The minimum Gasteiger partial charge on any atom is -0.481 e. The normalized spacial score (nSPS) is 21.3. The number of amides is 1. The summed E-state index contributed by atoms with van der Waals surface area (Å²) in [5.74, 6) is -0.957. The third-order valence-corrected chi connectivity index (χ3v) is 4.37. The Hall–Kier alpha value is -1.10. The van der Waals surface area contributed by atoms with E-state index in [2.05, 4.69) is 5.32 Å². The average molecular weight is 256 g/mol. The Kier molecular flexibility index (Phi) is 4.73. The van der Waals surface area contributed by atoms with Crippen LogP contribution in [0.3, 0.4) is 0 Å². The molecule has 4 N–H and O–H groups in total. The molecule has 18 heavy (non-hydrogen) atoms. The first-order chi connectivity index (χ1) is 8.40. The highest BCUT2D eigenvalue weighted by atomic mass is 16.4. The smallest absolute Gasteiger partial charge is 0.311 e. The van der Waals surface area contributed by atoms with Crippen molar-refractivity contribution in [2.75, 3.05) is 13.1 Å². The van der Waals surface area contributed by atoms with Gasteiger partial charge in [0, 0.05) is 13.1 Å². The molecule has 1 aliphatic rings. The summed E-state index contributed by atoms with van der Waals surface area (Å²) in [5.41, 5.74) is 4.36. The zero-order valence-corrected chi connectivity index (χ0v) is 11.3. The molecule has 104 valence electrons. The number of rotatable bonds is 6. The third-order valence-electron chi connectivity index (χ3n) is 4.37. The summed E-state index contributed by atoms with van der Waals surface area (Å²) in [6.45, 7) is 3.97. The molecule has 1 atom stereocenters. The van der Waals surface area contributed by atoms with Gasteiger partial charge in [-0.3, -0.25) is 9.59 Å². The van der Waals surface area contributed by atoms with E-state index in [-0.39, 0.29) is 12.5 Å². The van der Waals surface area contributed by atoms with Gasteiger partial charge in [-0.25, -0.2) is 0 Å². The second-order valence-corrected chi connectivity index (χ2v) is 5.59. The lowest BCUT2D eigenvalue weighted by atomic mass is 9.83. The average Bonchev–Trinajstić information content (AvgIpc) is 2.85. The number of nitrogens with two attached hydrogens (primary N) is 1. The van der Waals surface area contributed by atoms with Gasteiger partial charge >= 0.3 is 5.97 Å². The summed E-state index contributed by atoms with van der Waals surface area (Å²) in [4.78, 5) is 23.4. The number of carboxylic acids is 1. The minimum atomic E-state index is -0.899. The number of aliphatic carboxylic acids is 1. The molecule has 0 bridgehead atoms. The van der Waals surface area contributed by atoms with Gasteiger partial charge in [0.1, 0.15) is 0 Å². The SMILES string of the molecule is CCC(C)(CNC(=O)C1(CN)CCCC1)C(=O)O. The largest absolute Gasteiger partial charge is 0.481 e. The molecule has 1 unspecified atom stereocenters. The van der Waals surface area contributed by atoms with E-state index in [1.54, 1.807) is 6.92 Å². The maximum absolute atomic E-state index is 12.2. The first kappa shape index (κ1) is 15.0. The van der Waals surface area contributed by atoms with Gasteiger partial charge in [0.2, 0.25) is 5.91 Å². The summed E-state index contributed by atoms with van der Waals surface area (Å²) in [6, 6.07) is 0. The fourth-order valence-electron chi connectivity index (χ4n) is 2.39. The highest BCUT2D eigenvalue weighted by molar-refractivity contribution is 5.84. The topological polar surface area (TPSA) is 92.4 Å². The van der Waals surface area contributed by atoms with Crippen molar-refractivity contribution in [3.8, 4) is 0 Å². The fraction of sp³-hybridized carbons (Fsp3) is 0.846. The van der Waals surface area contributed by atoms with Crippen LogP contribution in [0, 0.1) is 10.8 Å². The molecule has 1 rings (SSSR count). The van der Waals surface area contributed by atoms with Crippen molar-refractivity contribution >= 4 is 11.9 Å². The van der Waals surface area contributed by atoms with Crippen LogP contribution >= 0.6 is 0 Å². The van der Waals surface area contributed by atoms with Gasteiger partial charge in [-0.15, -0.1) is 0 Å². The van der Waals surface area contributed by atoms with Crippen molar-refractivity contribution in [3.63, 3.8) is 0 Å². The van der Waals surface area contributed by atoms with E-state index in [4.69, 9.17) is 10.8 Å². The maximum Gasteiger partial charge on any atom is 0.311 e. The third kappa shape index (κ3) is 2.83. The summed E-state index contributed by atoms with van der Waals surface area (Å²) >= 11 is 0. The van der Waals surface area contributed by atoms with E-state index >= 15 is 0 Å². The van der Waals surface area contributed by atoms with Crippen LogP contribution < -0.4 is 11.1 Å². The van der Waals surface area contributed by atoms with Crippen LogP contribution in [0.1, 0.15) is 46.0 Å². The molecule has 0 aromatic carbocycles. The van der Waals surface area contributed by atoms with Gasteiger partial charge in [-0.05, 0) is 26.2 Å². The summed E-state index contributed by atoms with van der Waals surface area (Å²) in [6.07, 6.45) is 4.15. The second-order valence-electron chi connectivity index (χ2n) is 5.59. The van der Waals surface area contributed by atoms with E-state index in [1.807, 2.05) is 6.92 Å².